The summed E-state index contributed by atoms with van der Waals surface area (Å²) in [5.41, 5.74) is 4.52. The fraction of sp³-hybridized carbons (Fsp3) is 0.235. The minimum absolute atomic E-state index is 0.152. The van der Waals surface area contributed by atoms with Gasteiger partial charge in [0.1, 0.15) is 6.29 Å². The summed E-state index contributed by atoms with van der Waals surface area (Å²) >= 11 is 0. The number of aldehydes is 1. The van der Waals surface area contributed by atoms with E-state index in [0.717, 1.165) is 11.8 Å². The Kier molecular flexibility index (Phi) is 3.33. The van der Waals surface area contributed by atoms with Crippen LogP contribution in [-0.4, -0.2) is 6.29 Å². The molecule has 0 aromatic heterocycles. The van der Waals surface area contributed by atoms with E-state index in [4.69, 9.17) is 0 Å². The molecule has 2 aromatic rings. The molecule has 2 rings (SSSR count). The van der Waals surface area contributed by atoms with Crippen LogP contribution in [0.4, 0.5) is 0 Å². The van der Waals surface area contributed by atoms with Crippen LogP contribution in [0.2, 0.25) is 0 Å². The zero-order valence-electron chi connectivity index (χ0n) is 11.1. The van der Waals surface area contributed by atoms with Crippen molar-refractivity contribution in [3.05, 3.63) is 59.7 Å². The number of hydrogen-bond donors (Lipinski definition) is 0. The summed E-state index contributed by atoms with van der Waals surface area (Å²) in [7, 11) is 0. The van der Waals surface area contributed by atoms with E-state index >= 15 is 0 Å². The molecule has 0 amide bonds. The smallest absolute Gasteiger partial charge is 0.150 e. The van der Waals surface area contributed by atoms with Crippen LogP contribution in [0.3, 0.4) is 0 Å². The van der Waals surface area contributed by atoms with Crippen molar-refractivity contribution in [1.29, 1.82) is 0 Å². The van der Waals surface area contributed by atoms with Gasteiger partial charge in [0.15, 0.2) is 0 Å². The largest absolute Gasteiger partial charge is 0.298 e. The fourth-order valence-electron chi connectivity index (χ4n) is 1.92. The van der Waals surface area contributed by atoms with Gasteiger partial charge in [0.05, 0.1) is 0 Å². The average Bonchev–Trinajstić information content (AvgIpc) is 2.38. The van der Waals surface area contributed by atoms with Gasteiger partial charge in [0.25, 0.3) is 0 Å². The molecule has 0 spiro atoms. The highest BCUT2D eigenvalue weighted by atomic mass is 16.1. The lowest BCUT2D eigenvalue weighted by molar-refractivity contribution is 0.112. The third kappa shape index (κ3) is 2.67. The van der Waals surface area contributed by atoms with Crippen LogP contribution in [0.25, 0.3) is 11.1 Å². The van der Waals surface area contributed by atoms with Crippen molar-refractivity contribution in [3.8, 4) is 11.1 Å². The summed E-state index contributed by atoms with van der Waals surface area (Å²) in [6, 6.07) is 16.3. The Balaban J connectivity index is 2.41. The van der Waals surface area contributed by atoms with Gasteiger partial charge in [-0.15, -0.1) is 0 Å². The molecule has 2 aromatic carbocycles. The molecule has 0 heterocycles. The second-order valence-electron chi connectivity index (χ2n) is 5.57. The van der Waals surface area contributed by atoms with Gasteiger partial charge in [-0.05, 0) is 22.1 Å². The van der Waals surface area contributed by atoms with Crippen molar-refractivity contribution in [2.45, 2.75) is 26.2 Å². The van der Waals surface area contributed by atoms with Crippen molar-refractivity contribution in [2.75, 3.05) is 0 Å². The van der Waals surface area contributed by atoms with E-state index in [9.17, 15) is 4.79 Å². The lowest BCUT2D eigenvalue weighted by atomic mass is 9.85. The Labute approximate surface area is 108 Å². The van der Waals surface area contributed by atoms with E-state index < -0.39 is 0 Å². The predicted molar refractivity (Wildman–Crippen MR) is 76.0 cm³/mol. The molecule has 0 unspecified atom stereocenters. The minimum atomic E-state index is 0.152. The molecule has 0 aliphatic heterocycles. The van der Waals surface area contributed by atoms with Crippen molar-refractivity contribution in [2.24, 2.45) is 0 Å². The zero-order valence-corrected chi connectivity index (χ0v) is 11.1. The molecule has 1 nitrogen and oxygen atoms in total. The lowest BCUT2D eigenvalue weighted by Crippen LogP contribution is -2.10. The number of hydrogen-bond acceptors (Lipinski definition) is 1. The minimum Gasteiger partial charge on any atom is -0.298 e. The van der Waals surface area contributed by atoms with Crippen molar-refractivity contribution < 1.29 is 4.79 Å². The van der Waals surface area contributed by atoms with E-state index in [1.165, 1.54) is 11.1 Å². The Morgan fingerprint density at radius 2 is 1.56 bits per heavy atom. The van der Waals surface area contributed by atoms with Gasteiger partial charge >= 0.3 is 0 Å². The van der Waals surface area contributed by atoms with Crippen LogP contribution in [-0.2, 0) is 5.41 Å². The maximum absolute atomic E-state index is 10.6. The molecule has 0 saturated carbocycles. The second kappa shape index (κ2) is 4.77. The summed E-state index contributed by atoms with van der Waals surface area (Å²) in [5.74, 6) is 0. The van der Waals surface area contributed by atoms with E-state index in [1.54, 1.807) is 0 Å². The van der Waals surface area contributed by atoms with Gasteiger partial charge in [-0.25, -0.2) is 0 Å². The van der Waals surface area contributed by atoms with Crippen LogP contribution < -0.4 is 0 Å². The van der Waals surface area contributed by atoms with Crippen LogP contribution in [0.5, 0.6) is 0 Å². The Bertz CT molecular complexity index is 545. The third-order valence-electron chi connectivity index (χ3n) is 3.11. The monoisotopic (exact) mass is 238 g/mol. The Morgan fingerprint density at radius 3 is 2.11 bits per heavy atom. The average molecular weight is 238 g/mol. The van der Waals surface area contributed by atoms with E-state index in [1.807, 2.05) is 24.3 Å². The lowest BCUT2D eigenvalue weighted by Gasteiger charge is -2.19. The first-order chi connectivity index (χ1) is 8.50. The molecule has 0 aliphatic rings. The van der Waals surface area contributed by atoms with Crippen LogP contribution in [0, 0.1) is 0 Å². The molecule has 0 radical (unpaired) electrons. The highest BCUT2D eigenvalue weighted by molar-refractivity contribution is 5.77. The summed E-state index contributed by atoms with van der Waals surface area (Å²) < 4.78 is 0. The molecule has 92 valence electrons. The molecular weight excluding hydrogens is 220 g/mol. The van der Waals surface area contributed by atoms with Gasteiger partial charge in [0, 0.05) is 5.56 Å². The third-order valence-corrected chi connectivity index (χ3v) is 3.11. The number of carbonyl (C=O) groups excluding carboxylic acids is 1. The highest BCUT2D eigenvalue weighted by Crippen LogP contribution is 2.27. The molecule has 1 heteroatoms. The normalized spacial score (nSPS) is 11.3. The van der Waals surface area contributed by atoms with Crippen molar-refractivity contribution in [1.82, 2.24) is 0 Å². The molecule has 0 saturated heterocycles. The SMILES string of the molecule is CC(C)(C)c1cccc(-c2ccc(C=O)cc2)c1. The maximum atomic E-state index is 10.6. The van der Waals surface area contributed by atoms with E-state index in [-0.39, 0.29) is 5.41 Å². The topological polar surface area (TPSA) is 17.1 Å². The second-order valence-corrected chi connectivity index (χ2v) is 5.57. The first kappa shape index (κ1) is 12.6. The number of rotatable bonds is 2. The van der Waals surface area contributed by atoms with Crippen molar-refractivity contribution >= 4 is 6.29 Å². The Morgan fingerprint density at radius 1 is 0.889 bits per heavy atom. The summed E-state index contributed by atoms with van der Waals surface area (Å²) in [6.45, 7) is 6.63. The molecule has 0 bridgehead atoms. The number of carbonyl (C=O) groups is 1. The van der Waals surface area contributed by atoms with E-state index in [0.29, 0.717) is 5.56 Å². The van der Waals surface area contributed by atoms with Gasteiger partial charge in [-0.2, -0.15) is 0 Å². The van der Waals surface area contributed by atoms with Gasteiger partial charge in [-0.1, -0.05) is 69.3 Å². The standard InChI is InChI=1S/C17H18O/c1-17(2,3)16-6-4-5-15(11-16)14-9-7-13(12-18)8-10-14/h4-12H,1-3H3. The quantitative estimate of drug-likeness (QED) is 0.706. The fourth-order valence-corrected chi connectivity index (χ4v) is 1.92. The summed E-state index contributed by atoms with van der Waals surface area (Å²) in [5, 5.41) is 0. The first-order valence-corrected chi connectivity index (χ1v) is 6.17. The van der Waals surface area contributed by atoms with E-state index in [2.05, 4.69) is 45.0 Å². The number of benzene rings is 2. The Hall–Kier alpha value is -1.89. The van der Waals surface area contributed by atoms with Gasteiger partial charge in [0.2, 0.25) is 0 Å². The first-order valence-electron chi connectivity index (χ1n) is 6.17. The molecule has 0 fully saturated rings. The maximum Gasteiger partial charge on any atom is 0.150 e. The van der Waals surface area contributed by atoms with Crippen LogP contribution >= 0.6 is 0 Å². The highest BCUT2D eigenvalue weighted by Gasteiger charge is 2.13. The molecule has 0 aliphatic carbocycles. The van der Waals surface area contributed by atoms with Crippen molar-refractivity contribution in [3.63, 3.8) is 0 Å². The molecule has 18 heavy (non-hydrogen) atoms. The zero-order chi connectivity index (χ0) is 13.2. The van der Waals surface area contributed by atoms with Gasteiger partial charge in [-0.3, -0.25) is 4.79 Å². The molecular formula is C17H18O. The molecule has 0 N–H and O–H groups in total. The van der Waals surface area contributed by atoms with Crippen LogP contribution in [0.15, 0.2) is 48.5 Å². The molecule has 0 atom stereocenters. The van der Waals surface area contributed by atoms with Gasteiger partial charge < -0.3 is 0 Å². The van der Waals surface area contributed by atoms with Crippen LogP contribution in [0.1, 0.15) is 36.7 Å². The summed E-state index contributed by atoms with van der Waals surface area (Å²) in [4.78, 5) is 10.6. The summed E-state index contributed by atoms with van der Waals surface area (Å²) in [6.07, 6.45) is 0.870. The predicted octanol–water partition coefficient (Wildman–Crippen LogP) is 4.46.